The molecule has 168 valence electrons. The summed E-state index contributed by atoms with van der Waals surface area (Å²) in [6.45, 7) is 5.11. The van der Waals surface area contributed by atoms with Gasteiger partial charge in [-0.25, -0.2) is 0 Å². The molecule has 1 saturated heterocycles. The van der Waals surface area contributed by atoms with Crippen LogP contribution >= 0.6 is 0 Å². The Balaban J connectivity index is 1.41. The summed E-state index contributed by atoms with van der Waals surface area (Å²) in [5, 5.41) is 13.5. The number of nitrogens with one attached hydrogen (secondary N) is 1. The lowest BCUT2D eigenvalue weighted by molar-refractivity contribution is 0.147. The van der Waals surface area contributed by atoms with E-state index in [2.05, 4.69) is 77.8 Å². The van der Waals surface area contributed by atoms with Crippen LogP contribution in [0.4, 0.5) is 0 Å². The monoisotopic (exact) mass is 430 g/mol. The highest BCUT2D eigenvalue weighted by Crippen LogP contribution is 2.23. The van der Waals surface area contributed by atoms with E-state index in [1.807, 2.05) is 18.2 Å². The van der Waals surface area contributed by atoms with Crippen molar-refractivity contribution >= 4 is 0 Å². The molecule has 0 radical (unpaired) electrons. The lowest BCUT2D eigenvalue weighted by Gasteiger charge is -2.29. The van der Waals surface area contributed by atoms with Gasteiger partial charge in [-0.3, -0.25) is 4.90 Å². The second-order valence-electron chi connectivity index (χ2n) is 8.80. The maximum absolute atomic E-state index is 9.74. The molecular formula is C28H34N2O2. The molecule has 32 heavy (non-hydrogen) atoms. The van der Waals surface area contributed by atoms with Gasteiger partial charge in [0.2, 0.25) is 0 Å². The van der Waals surface area contributed by atoms with Gasteiger partial charge in [0.25, 0.3) is 0 Å². The van der Waals surface area contributed by atoms with Crippen molar-refractivity contribution in [3.05, 3.63) is 95.6 Å². The second kappa shape index (κ2) is 11.3. The molecule has 0 aromatic heterocycles. The van der Waals surface area contributed by atoms with E-state index in [1.54, 1.807) is 0 Å². The number of rotatable bonds is 10. The highest BCUT2D eigenvalue weighted by atomic mass is 16.5. The number of ether oxygens (including phenoxy) is 1. The van der Waals surface area contributed by atoms with Crippen molar-refractivity contribution in [1.29, 1.82) is 0 Å². The van der Waals surface area contributed by atoms with Gasteiger partial charge in [0.05, 0.1) is 6.61 Å². The van der Waals surface area contributed by atoms with Crippen molar-refractivity contribution in [2.75, 3.05) is 19.7 Å². The first-order chi connectivity index (χ1) is 15.7. The van der Waals surface area contributed by atoms with Crippen LogP contribution < -0.4 is 10.1 Å². The summed E-state index contributed by atoms with van der Waals surface area (Å²) in [6, 6.07) is 27.7. The number of benzene rings is 3. The van der Waals surface area contributed by atoms with E-state index in [0.717, 1.165) is 44.0 Å². The SMILES string of the molecule is Cc1ccc(Oc2cccc(CNC(Cc3ccccc3)CN3CCCC3CO)c2)cc1. The number of likely N-dealkylation sites (tertiary alicyclic amines) is 1. The third kappa shape index (κ3) is 6.42. The van der Waals surface area contributed by atoms with Crippen LogP contribution in [-0.4, -0.2) is 41.8 Å². The van der Waals surface area contributed by atoms with E-state index in [4.69, 9.17) is 4.74 Å². The van der Waals surface area contributed by atoms with E-state index in [0.29, 0.717) is 12.1 Å². The van der Waals surface area contributed by atoms with Gasteiger partial charge in [0.15, 0.2) is 0 Å². The number of hydrogen-bond acceptors (Lipinski definition) is 4. The largest absolute Gasteiger partial charge is 0.457 e. The number of aliphatic hydroxyl groups excluding tert-OH is 1. The van der Waals surface area contributed by atoms with Gasteiger partial charge in [0.1, 0.15) is 11.5 Å². The average Bonchev–Trinajstić information content (AvgIpc) is 3.27. The van der Waals surface area contributed by atoms with E-state index < -0.39 is 0 Å². The third-order valence-corrected chi connectivity index (χ3v) is 6.24. The van der Waals surface area contributed by atoms with Crippen LogP contribution in [0.1, 0.15) is 29.5 Å². The zero-order valence-electron chi connectivity index (χ0n) is 18.9. The summed E-state index contributed by atoms with van der Waals surface area (Å²) in [4.78, 5) is 2.44. The molecule has 4 rings (SSSR count). The molecule has 3 aromatic carbocycles. The fraction of sp³-hybridized carbons (Fsp3) is 0.357. The highest BCUT2D eigenvalue weighted by Gasteiger charge is 2.26. The highest BCUT2D eigenvalue weighted by molar-refractivity contribution is 5.35. The van der Waals surface area contributed by atoms with Crippen molar-refractivity contribution < 1.29 is 9.84 Å². The lowest BCUT2D eigenvalue weighted by atomic mass is 10.0. The molecule has 4 nitrogen and oxygen atoms in total. The van der Waals surface area contributed by atoms with Crippen LogP contribution in [0.5, 0.6) is 11.5 Å². The number of aliphatic hydroxyl groups is 1. The molecule has 0 amide bonds. The van der Waals surface area contributed by atoms with Crippen molar-refractivity contribution in [3.63, 3.8) is 0 Å². The van der Waals surface area contributed by atoms with Gasteiger partial charge in [-0.05, 0) is 68.1 Å². The summed E-state index contributed by atoms with van der Waals surface area (Å²) < 4.78 is 6.05. The standard InChI is InChI=1S/C28H34N2O2/c1-22-12-14-27(15-13-22)32-28-11-5-9-24(18-28)19-29-25(17-23-7-3-2-4-8-23)20-30-16-6-10-26(30)21-31/h2-5,7-9,11-15,18,25-26,29,31H,6,10,16-17,19-21H2,1H3. The number of hydrogen-bond donors (Lipinski definition) is 2. The van der Waals surface area contributed by atoms with Crippen molar-refractivity contribution in [2.45, 2.75) is 44.8 Å². The Morgan fingerprint density at radius 3 is 2.53 bits per heavy atom. The third-order valence-electron chi connectivity index (χ3n) is 6.24. The Bertz CT molecular complexity index is 959. The van der Waals surface area contributed by atoms with Crippen LogP contribution in [0.3, 0.4) is 0 Å². The molecule has 2 N–H and O–H groups in total. The molecule has 0 aliphatic carbocycles. The van der Waals surface area contributed by atoms with Gasteiger partial charge in [0, 0.05) is 25.2 Å². The quantitative estimate of drug-likeness (QED) is 0.478. The topological polar surface area (TPSA) is 44.7 Å². The van der Waals surface area contributed by atoms with Gasteiger partial charge < -0.3 is 15.2 Å². The Morgan fingerprint density at radius 1 is 0.969 bits per heavy atom. The van der Waals surface area contributed by atoms with Crippen LogP contribution in [0.15, 0.2) is 78.9 Å². The van der Waals surface area contributed by atoms with Crippen LogP contribution in [0, 0.1) is 6.92 Å². The first kappa shape index (κ1) is 22.5. The lowest BCUT2D eigenvalue weighted by Crippen LogP contribution is -2.45. The molecule has 3 aromatic rings. The minimum absolute atomic E-state index is 0.246. The zero-order chi connectivity index (χ0) is 22.2. The molecular weight excluding hydrogens is 396 g/mol. The Kier molecular flexibility index (Phi) is 7.94. The van der Waals surface area contributed by atoms with Crippen molar-refractivity contribution in [1.82, 2.24) is 10.2 Å². The summed E-state index contributed by atoms with van der Waals surface area (Å²) >= 11 is 0. The second-order valence-corrected chi connectivity index (χ2v) is 8.80. The van der Waals surface area contributed by atoms with E-state index >= 15 is 0 Å². The average molecular weight is 431 g/mol. The molecule has 1 aliphatic heterocycles. The van der Waals surface area contributed by atoms with Crippen molar-refractivity contribution in [2.24, 2.45) is 0 Å². The van der Waals surface area contributed by atoms with E-state index in [1.165, 1.54) is 23.1 Å². The van der Waals surface area contributed by atoms with Crippen LogP contribution in [0.2, 0.25) is 0 Å². The summed E-state index contributed by atoms with van der Waals surface area (Å²) in [6.07, 6.45) is 3.23. The number of nitrogens with zero attached hydrogens (tertiary/aromatic N) is 1. The summed E-state index contributed by atoms with van der Waals surface area (Å²) in [5.74, 6) is 1.71. The van der Waals surface area contributed by atoms with Gasteiger partial charge in [-0.15, -0.1) is 0 Å². The van der Waals surface area contributed by atoms with Gasteiger partial charge in [-0.2, -0.15) is 0 Å². The molecule has 2 unspecified atom stereocenters. The van der Waals surface area contributed by atoms with Crippen molar-refractivity contribution in [3.8, 4) is 11.5 Å². The van der Waals surface area contributed by atoms with Crippen LogP contribution in [0.25, 0.3) is 0 Å². The maximum Gasteiger partial charge on any atom is 0.127 e. The first-order valence-corrected chi connectivity index (χ1v) is 11.7. The minimum atomic E-state index is 0.246. The molecule has 0 bridgehead atoms. The normalized spacial score (nSPS) is 17.4. The predicted octanol–water partition coefficient (Wildman–Crippen LogP) is 4.94. The molecule has 0 saturated carbocycles. The minimum Gasteiger partial charge on any atom is -0.457 e. The Morgan fingerprint density at radius 2 is 1.75 bits per heavy atom. The maximum atomic E-state index is 9.74. The molecule has 1 fully saturated rings. The summed E-state index contributed by atoms with van der Waals surface area (Å²) in [7, 11) is 0. The molecule has 0 spiro atoms. The molecule has 1 heterocycles. The van der Waals surface area contributed by atoms with Gasteiger partial charge >= 0.3 is 0 Å². The Hall–Kier alpha value is -2.66. The van der Waals surface area contributed by atoms with E-state index in [-0.39, 0.29) is 6.61 Å². The molecule has 4 heteroatoms. The van der Waals surface area contributed by atoms with Crippen LogP contribution in [-0.2, 0) is 13.0 Å². The number of aryl methyl sites for hydroxylation is 1. The van der Waals surface area contributed by atoms with E-state index in [9.17, 15) is 5.11 Å². The molecule has 1 aliphatic rings. The Labute approximate surface area is 191 Å². The zero-order valence-corrected chi connectivity index (χ0v) is 18.9. The summed E-state index contributed by atoms with van der Waals surface area (Å²) in [5.41, 5.74) is 3.76. The fourth-order valence-corrected chi connectivity index (χ4v) is 4.45. The smallest absolute Gasteiger partial charge is 0.127 e. The predicted molar refractivity (Wildman–Crippen MR) is 130 cm³/mol. The van der Waals surface area contributed by atoms with Gasteiger partial charge in [-0.1, -0.05) is 60.2 Å². The fourth-order valence-electron chi connectivity index (χ4n) is 4.45. The first-order valence-electron chi connectivity index (χ1n) is 11.7. The molecule has 2 atom stereocenters.